The van der Waals surface area contributed by atoms with Gasteiger partial charge in [-0.15, -0.1) is 0 Å². The summed E-state index contributed by atoms with van der Waals surface area (Å²) in [4.78, 5) is 2.25. The van der Waals surface area contributed by atoms with Crippen LogP contribution in [0.15, 0.2) is 12.1 Å². The molecule has 2 nitrogen and oxygen atoms in total. The van der Waals surface area contributed by atoms with E-state index in [1.807, 2.05) is 0 Å². The zero-order valence-electron chi connectivity index (χ0n) is 11.9. The summed E-state index contributed by atoms with van der Waals surface area (Å²) in [6.45, 7) is 7.30. The van der Waals surface area contributed by atoms with Gasteiger partial charge in [0.05, 0.1) is 11.5 Å². The van der Waals surface area contributed by atoms with Gasteiger partial charge in [0, 0.05) is 19.3 Å². The first-order valence-corrected chi connectivity index (χ1v) is 6.68. The van der Waals surface area contributed by atoms with E-state index in [0.717, 1.165) is 19.4 Å². The Balaban J connectivity index is 2.21. The van der Waals surface area contributed by atoms with Crippen molar-refractivity contribution in [1.29, 1.82) is 5.26 Å². The van der Waals surface area contributed by atoms with E-state index in [1.165, 1.54) is 28.8 Å². The highest BCUT2D eigenvalue weighted by Gasteiger charge is 2.38. The molecule has 0 N–H and O–H groups in total. The Morgan fingerprint density at radius 2 is 1.78 bits per heavy atom. The van der Waals surface area contributed by atoms with E-state index in [1.54, 1.807) is 0 Å². The van der Waals surface area contributed by atoms with Gasteiger partial charge in [-0.2, -0.15) is 5.26 Å². The Labute approximate surface area is 110 Å². The summed E-state index contributed by atoms with van der Waals surface area (Å²) in [5.74, 6) is 0. The van der Waals surface area contributed by atoms with E-state index in [-0.39, 0.29) is 5.41 Å². The molecule has 0 spiro atoms. The van der Waals surface area contributed by atoms with Crippen LogP contribution >= 0.6 is 0 Å². The number of hydrogen-bond donors (Lipinski definition) is 0. The highest BCUT2D eigenvalue weighted by atomic mass is 15.1. The fraction of sp³-hybridized carbons (Fsp3) is 0.562. The fourth-order valence-corrected chi connectivity index (χ4v) is 2.80. The van der Waals surface area contributed by atoms with Crippen molar-refractivity contribution >= 4 is 5.69 Å². The molecule has 2 heteroatoms. The second-order valence-corrected chi connectivity index (χ2v) is 5.82. The van der Waals surface area contributed by atoms with Gasteiger partial charge in [0.15, 0.2) is 0 Å². The van der Waals surface area contributed by atoms with Gasteiger partial charge in [-0.05, 0) is 56.4 Å². The van der Waals surface area contributed by atoms with E-state index >= 15 is 0 Å². The summed E-state index contributed by atoms with van der Waals surface area (Å²) in [6.07, 6.45) is 3.31. The van der Waals surface area contributed by atoms with E-state index in [2.05, 4.69) is 50.9 Å². The molecule has 96 valence electrons. The molecule has 0 amide bonds. The van der Waals surface area contributed by atoms with Gasteiger partial charge in [0.1, 0.15) is 0 Å². The van der Waals surface area contributed by atoms with Crippen LogP contribution in [0.25, 0.3) is 0 Å². The Hall–Kier alpha value is -1.49. The van der Waals surface area contributed by atoms with Gasteiger partial charge in [0.2, 0.25) is 0 Å². The molecule has 18 heavy (non-hydrogen) atoms. The normalized spacial score (nSPS) is 16.8. The Morgan fingerprint density at radius 3 is 2.28 bits per heavy atom. The number of aryl methyl sites for hydroxylation is 3. The molecular formula is C16H22N2. The summed E-state index contributed by atoms with van der Waals surface area (Å²) in [5, 5.41) is 9.32. The van der Waals surface area contributed by atoms with Crippen molar-refractivity contribution in [2.45, 2.75) is 40.0 Å². The van der Waals surface area contributed by atoms with Crippen molar-refractivity contribution in [3.63, 3.8) is 0 Å². The average molecular weight is 242 g/mol. The first-order valence-electron chi connectivity index (χ1n) is 6.68. The lowest BCUT2D eigenvalue weighted by molar-refractivity contribution is 0.223. The van der Waals surface area contributed by atoms with Gasteiger partial charge in [-0.25, -0.2) is 0 Å². The second-order valence-electron chi connectivity index (χ2n) is 5.82. The van der Waals surface area contributed by atoms with Crippen LogP contribution in [-0.4, -0.2) is 13.6 Å². The van der Waals surface area contributed by atoms with Crippen molar-refractivity contribution in [2.24, 2.45) is 5.41 Å². The van der Waals surface area contributed by atoms with Crippen LogP contribution in [0.1, 0.15) is 36.0 Å². The number of nitriles is 1. The van der Waals surface area contributed by atoms with E-state index in [4.69, 9.17) is 0 Å². The molecule has 1 fully saturated rings. The SMILES string of the molecule is Cc1cc(C)c(N(C)CC2(C#N)CCC2)cc1C. The lowest BCUT2D eigenvalue weighted by Crippen LogP contribution is -2.40. The molecule has 0 aromatic heterocycles. The minimum Gasteiger partial charge on any atom is -0.373 e. The minimum absolute atomic E-state index is 0.0972. The first-order chi connectivity index (χ1) is 8.47. The predicted octanol–water partition coefficient (Wildman–Crippen LogP) is 3.74. The highest BCUT2D eigenvalue weighted by Crippen LogP contribution is 2.41. The number of nitrogens with zero attached hydrogens (tertiary/aromatic N) is 2. The molecule has 1 aliphatic carbocycles. The predicted molar refractivity (Wildman–Crippen MR) is 75.8 cm³/mol. The van der Waals surface area contributed by atoms with E-state index < -0.39 is 0 Å². The summed E-state index contributed by atoms with van der Waals surface area (Å²) < 4.78 is 0. The number of benzene rings is 1. The molecule has 0 aliphatic heterocycles. The third kappa shape index (κ3) is 2.22. The molecule has 0 bridgehead atoms. The molecule has 0 atom stereocenters. The molecule has 0 unspecified atom stereocenters. The van der Waals surface area contributed by atoms with Crippen LogP contribution in [-0.2, 0) is 0 Å². The summed E-state index contributed by atoms with van der Waals surface area (Å²) in [6, 6.07) is 7.00. The average Bonchev–Trinajstić information content (AvgIpc) is 2.28. The summed E-state index contributed by atoms with van der Waals surface area (Å²) in [7, 11) is 2.11. The Morgan fingerprint density at radius 1 is 1.17 bits per heavy atom. The van der Waals surface area contributed by atoms with Gasteiger partial charge in [0.25, 0.3) is 0 Å². The monoisotopic (exact) mass is 242 g/mol. The lowest BCUT2D eigenvalue weighted by Gasteiger charge is -2.39. The molecule has 1 aromatic carbocycles. The molecular weight excluding hydrogens is 220 g/mol. The van der Waals surface area contributed by atoms with Crippen LogP contribution in [0.5, 0.6) is 0 Å². The van der Waals surface area contributed by atoms with Crippen molar-refractivity contribution in [2.75, 3.05) is 18.5 Å². The minimum atomic E-state index is -0.0972. The van der Waals surface area contributed by atoms with Crippen molar-refractivity contribution in [1.82, 2.24) is 0 Å². The molecule has 0 radical (unpaired) electrons. The third-order valence-electron chi connectivity index (χ3n) is 4.31. The van der Waals surface area contributed by atoms with Crippen LogP contribution in [0.2, 0.25) is 0 Å². The van der Waals surface area contributed by atoms with E-state index in [0.29, 0.717) is 0 Å². The maximum atomic E-state index is 9.32. The lowest BCUT2D eigenvalue weighted by atomic mass is 9.69. The molecule has 2 rings (SSSR count). The molecule has 1 saturated carbocycles. The summed E-state index contributed by atoms with van der Waals surface area (Å²) >= 11 is 0. The molecule has 0 saturated heterocycles. The molecule has 0 heterocycles. The number of rotatable bonds is 3. The zero-order valence-corrected chi connectivity index (χ0v) is 11.9. The topological polar surface area (TPSA) is 27.0 Å². The van der Waals surface area contributed by atoms with Gasteiger partial charge in [-0.3, -0.25) is 0 Å². The van der Waals surface area contributed by atoms with Crippen molar-refractivity contribution < 1.29 is 0 Å². The van der Waals surface area contributed by atoms with Gasteiger partial charge < -0.3 is 4.90 Å². The van der Waals surface area contributed by atoms with Gasteiger partial charge >= 0.3 is 0 Å². The van der Waals surface area contributed by atoms with E-state index in [9.17, 15) is 5.26 Å². The Bertz CT molecular complexity index is 493. The van der Waals surface area contributed by atoms with Gasteiger partial charge in [-0.1, -0.05) is 12.5 Å². The smallest absolute Gasteiger partial charge is 0.0748 e. The number of anilines is 1. The largest absolute Gasteiger partial charge is 0.373 e. The van der Waals surface area contributed by atoms with Crippen LogP contribution in [0.4, 0.5) is 5.69 Å². The van der Waals surface area contributed by atoms with Crippen molar-refractivity contribution in [3.05, 3.63) is 28.8 Å². The molecule has 1 aliphatic rings. The highest BCUT2D eigenvalue weighted by molar-refractivity contribution is 5.56. The Kier molecular flexibility index (Phi) is 3.34. The maximum Gasteiger partial charge on any atom is 0.0748 e. The van der Waals surface area contributed by atoms with Crippen LogP contribution in [0, 0.1) is 37.5 Å². The maximum absolute atomic E-state index is 9.32. The van der Waals surface area contributed by atoms with Crippen molar-refractivity contribution in [3.8, 4) is 6.07 Å². The first kappa shape index (κ1) is 13.0. The third-order valence-corrected chi connectivity index (χ3v) is 4.31. The summed E-state index contributed by atoms with van der Waals surface area (Å²) in [5.41, 5.74) is 5.12. The number of hydrogen-bond acceptors (Lipinski definition) is 2. The standard InChI is InChI=1S/C16H22N2/c1-12-8-14(3)15(9-13(12)2)18(4)11-16(10-17)6-5-7-16/h8-9H,5-7,11H2,1-4H3. The quantitative estimate of drug-likeness (QED) is 0.807. The molecule has 1 aromatic rings. The van der Waals surface area contributed by atoms with Crippen LogP contribution < -0.4 is 4.90 Å². The van der Waals surface area contributed by atoms with Crippen LogP contribution in [0.3, 0.4) is 0 Å². The second kappa shape index (κ2) is 4.65. The fourth-order valence-electron chi connectivity index (χ4n) is 2.80. The zero-order chi connectivity index (χ0) is 13.3.